The Morgan fingerprint density at radius 1 is 1.00 bits per heavy atom. The lowest BCUT2D eigenvalue weighted by Crippen LogP contribution is -2.33. The predicted octanol–water partition coefficient (Wildman–Crippen LogP) is 3.45. The summed E-state index contributed by atoms with van der Waals surface area (Å²) in [5.41, 5.74) is 2.21. The zero-order chi connectivity index (χ0) is 19.1. The van der Waals surface area contributed by atoms with Gasteiger partial charge in [-0.05, 0) is 54.9 Å². The number of rotatable bonds is 4. The second-order valence-electron chi connectivity index (χ2n) is 6.27. The molecular formula is C21H21N3O2S. The minimum absolute atomic E-state index is 0.0249. The lowest BCUT2D eigenvalue weighted by atomic mass is 10.2. The Labute approximate surface area is 164 Å². The predicted molar refractivity (Wildman–Crippen MR) is 111 cm³/mol. The molecule has 1 heterocycles. The van der Waals surface area contributed by atoms with Crippen molar-refractivity contribution in [2.45, 2.75) is 12.8 Å². The number of hydrogen-bond acceptors (Lipinski definition) is 3. The molecule has 1 saturated heterocycles. The van der Waals surface area contributed by atoms with Crippen LogP contribution >= 0.6 is 12.2 Å². The average molecular weight is 379 g/mol. The first-order chi connectivity index (χ1) is 13.1. The van der Waals surface area contributed by atoms with Crippen molar-refractivity contribution in [3.05, 3.63) is 71.8 Å². The molecule has 1 aliphatic rings. The van der Waals surface area contributed by atoms with E-state index >= 15 is 0 Å². The Hall–Kier alpha value is -2.99. The van der Waals surface area contributed by atoms with Crippen LogP contribution in [0, 0.1) is 0 Å². The first-order valence-electron chi connectivity index (χ1n) is 8.86. The third-order valence-corrected chi connectivity index (χ3v) is 4.43. The van der Waals surface area contributed by atoms with E-state index in [4.69, 9.17) is 12.2 Å². The number of hydrogen-bond donors (Lipinski definition) is 2. The largest absolute Gasteiger partial charge is 0.339 e. The number of amides is 2. The highest BCUT2D eigenvalue weighted by Gasteiger charge is 2.19. The SMILES string of the molecule is O=C(/C=C/c1ccccc1)NC(=S)Nc1cccc(C(=O)N2CCCC2)c1. The maximum Gasteiger partial charge on any atom is 0.253 e. The van der Waals surface area contributed by atoms with Crippen LogP contribution in [0.1, 0.15) is 28.8 Å². The highest BCUT2D eigenvalue weighted by molar-refractivity contribution is 7.80. The van der Waals surface area contributed by atoms with Gasteiger partial charge >= 0.3 is 0 Å². The number of nitrogens with zero attached hydrogens (tertiary/aromatic N) is 1. The molecule has 0 unspecified atom stereocenters. The highest BCUT2D eigenvalue weighted by atomic mass is 32.1. The summed E-state index contributed by atoms with van der Waals surface area (Å²) in [5.74, 6) is -0.294. The van der Waals surface area contributed by atoms with Crippen molar-refractivity contribution in [1.29, 1.82) is 0 Å². The molecular weight excluding hydrogens is 358 g/mol. The van der Waals surface area contributed by atoms with Crippen LogP contribution in [-0.4, -0.2) is 34.9 Å². The summed E-state index contributed by atoms with van der Waals surface area (Å²) >= 11 is 5.19. The number of likely N-dealkylation sites (tertiary alicyclic amines) is 1. The molecule has 1 fully saturated rings. The molecule has 6 heteroatoms. The summed E-state index contributed by atoms with van der Waals surface area (Å²) in [7, 11) is 0. The van der Waals surface area contributed by atoms with Crippen molar-refractivity contribution in [3.63, 3.8) is 0 Å². The van der Waals surface area contributed by atoms with Crippen molar-refractivity contribution in [3.8, 4) is 0 Å². The van der Waals surface area contributed by atoms with E-state index in [-0.39, 0.29) is 16.9 Å². The Bertz CT molecular complexity index is 859. The maximum atomic E-state index is 12.5. The molecule has 0 saturated carbocycles. The van der Waals surface area contributed by atoms with Crippen LogP contribution in [0.3, 0.4) is 0 Å². The van der Waals surface area contributed by atoms with Crippen LogP contribution in [0.5, 0.6) is 0 Å². The number of nitrogens with one attached hydrogen (secondary N) is 2. The van der Waals surface area contributed by atoms with Crippen molar-refractivity contribution < 1.29 is 9.59 Å². The van der Waals surface area contributed by atoms with Crippen molar-refractivity contribution in [2.24, 2.45) is 0 Å². The quantitative estimate of drug-likeness (QED) is 0.631. The Morgan fingerprint density at radius 2 is 1.74 bits per heavy atom. The minimum atomic E-state index is -0.319. The van der Waals surface area contributed by atoms with Crippen LogP contribution in [0.15, 0.2) is 60.7 Å². The van der Waals surface area contributed by atoms with Gasteiger partial charge in [0, 0.05) is 30.4 Å². The van der Waals surface area contributed by atoms with E-state index in [1.54, 1.807) is 30.3 Å². The normalized spacial score (nSPS) is 13.6. The molecule has 2 N–H and O–H groups in total. The van der Waals surface area contributed by atoms with Gasteiger partial charge in [-0.1, -0.05) is 36.4 Å². The van der Waals surface area contributed by atoms with Gasteiger partial charge < -0.3 is 10.2 Å². The summed E-state index contributed by atoms with van der Waals surface area (Å²) in [5, 5.41) is 5.74. The Kier molecular flexibility index (Phi) is 6.33. The second kappa shape index (κ2) is 9.09. The van der Waals surface area contributed by atoms with E-state index in [1.807, 2.05) is 35.2 Å². The van der Waals surface area contributed by atoms with Crippen LogP contribution in [0.2, 0.25) is 0 Å². The molecule has 0 bridgehead atoms. The van der Waals surface area contributed by atoms with E-state index < -0.39 is 0 Å². The van der Waals surface area contributed by atoms with Gasteiger partial charge in [0.05, 0.1) is 0 Å². The molecule has 1 aliphatic heterocycles. The fourth-order valence-corrected chi connectivity index (χ4v) is 3.10. The van der Waals surface area contributed by atoms with E-state index in [0.717, 1.165) is 31.5 Å². The molecule has 2 amide bonds. The monoisotopic (exact) mass is 379 g/mol. The van der Waals surface area contributed by atoms with Crippen LogP contribution in [0.4, 0.5) is 5.69 Å². The molecule has 2 aromatic rings. The number of anilines is 1. The molecule has 0 spiro atoms. The van der Waals surface area contributed by atoms with Gasteiger partial charge in [0.2, 0.25) is 5.91 Å². The second-order valence-corrected chi connectivity index (χ2v) is 6.68. The van der Waals surface area contributed by atoms with E-state index in [9.17, 15) is 9.59 Å². The fraction of sp³-hybridized carbons (Fsp3) is 0.190. The molecule has 3 rings (SSSR count). The van der Waals surface area contributed by atoms with Gasteiger partial charge in [0.1, 0.15) is 0 Å². The third-order valence-electron chi connectivity index (χ3n) is 4.22. The van der Waals surface area contributed by atoms with Gasteiger partial charge in [-0.15, -0.1) is 0 Å². The van der Waals surface area contributed by atoms with Crippen LogP contribution in [-0.2, 0) is 4.79 Å². The fourth-order valence-electron chi connectivity index (χ4n) is 2.88. The van der Waals surface area contributed by atoms with Crippen molar-refractivity contribution >= 4 is 40.9 Å². The summed E-state index contributed by atoms with van der Waals surface area (Å²) in [6, 6.07) is 16.7. The zero-order valence-corrected chi connectivity index (χ0v) is 15.7. The van der Waals surface area contributed by atoms with Gasteiger partial charge in [-0.2, -0.15) is 0 Å². The maximum absolute atomic E-state index is 12.5. The number of benzene rings is 2. The standard InChI is InChI=1S/C21H21N3O2S/c25-19(12-11-16-7-2-1-3-8-16)23-21(27)22-18-10-6-9-17(15-18)20(26)24-13-4-5-14-24/h1-3,6-12,15H,4-5,13-14H2,(H2,22,23,25,27)/b12-11+. The molecule has 0 atom stereocenters. The Balaban J connectivity index is 1.56. The van der Waals surface area contributed by atoms with Crippen LogP contribution < -0.4 is 10.6 Å². The molecule has 27 heavy (non-hydrogen) atoms. The van der Waals surface area contributed by atoms with Crippen LogP contribution in [0.25, 0.3) is 6.08 Å². The zero-order valence-electron chi connectivity index (χ0n) is 14.9. The Morgan fingerprint density at radius 3 is 2.48 bits per heavy atom. The number of carbonyl (C=O) groups is 2. The molecule has 0 aromatic heterocycles. The molecule has 138 valence electrons. The summed E-state index contributed by atoms with van der Waals surface area (Å²) < 4.78 is 0. The number of thiocarbonyl (C=S) groups is 1. The van der Waals surface area contributed by atoms with Gasteiger partial charge in [-0.25, -0.2) is 0 Å². The average Bonchev–Trinajstić information content (AvgIpc) is 3.21. The topological polar surface area (TPSA) is 61.4 Å². The summed E-state index contributed by atoms with van der Waals surface area (Å²) in [4.78, 5) is 26.3. The lowest BCUT2D eigenvalue weighted by Gasteiger charge is -2.16. The molecule has 0 aliphatic carbocycles. The number of carbonyl (C=O) groups excluding carboxylic acids is 2. The van der Waals surface area contributed by atoms with Crippen molar-refractivity contribution in [2.75, 3.05) is 18.4 Å². The minimum Gasteiger partial charge on any atom is -0.339 e. The van der Waals surface area contributed by atoms with Gasteiger partial charge in [-0.3, -0.25) is 14.9 Å². The van der Waals surface area contributed by atoms with Gasteiger partial charge in [0.25, 0.3) is 5.91 Å². The summed E-state index contributed by atoms with van der Waals surface area (Å²) in [6.07, 6.45) is 5.25. The van der Waals surface area contributed by atoms with Crippen molar-refractivity contribution in [1.82, 2.24) is 10.2 Å². The van der Waals surface area contributed by atoms with E-state index in [0.29, 0.717) is 11.3 Å². The molecule has 0 radical (unpaired) electrons. The molecule has 2 aromatic carbocycles. The highest BCUT2D eigenvalue weighted by Crippen LogP contribution is 2.16. The first-order valence-corrected chi connectivity index (χ1v) is 9.27. The third kappa shape index (κ3) is 5.49. The molecule has 5 nitrogen and oxygen atoms in total. The smallest absolute Gasteiger partial charge is 0.253 e. The first kappa shape index (κ1) is 18.8. The van der Waals surface area contributed by atoms with Gasteiger partial charge in [0.15, 0.2) is 5.11 Å². The lowest BCUT2D eigenvalue weighted by molar-refractivity contribution is -0.115. The summed E-state index contributed by atoms with van der Waals surface area (Å²) in [6.45, 7) is 1.61. The van der Waals surface area contributed by atoms with E-state index in [1.165, 1.54) is 6.08 Å². The van der Waals surface area contributed by atoms with E-state index in [2.05, 4.69) is 10.6 Å².